The molecule has 2 rings (SSSR count). The summed E-state index contributed by atoms with van der Waals surface area (Å²) in [5, 5.41) is 19.7. The summed E-state index contributed by atoms with van der Waals surface area (Å²) >= 11 is 5.64. The molecule has 1 saturated heterocycles. The van der Waals surface area contributed by atoms with E-state index in [-0.39, 0.29) is 22.9 Å². The van der Waals surface area contributed by atoms with Crippen LogP contribution >= 0.6 is 11.6 Å². The molecule has 1 aromatic carbocycles. The average Bonchev–Trinajstić information content (AvgIpc) is 2.88. The van der Waals surface area contributed by atoms with Crippen LogP contribution in [0, 0.1) is 10.1 Å². The molecule has 1 aliphatic rings. The molecule has 1 aromatic rings. The Bertz CT molecular complexity index is 705. The molecule has 1 fully saturated rings. The summed E-state index contributed by atoms with van der Waals surface area (Å²) in [7, 11) is -4.12. The molecule has 0 aromatic heterocycles. The van der Waals surface area contributed by atoms with Crippen LogP contribution in [-0.4, -0.2) is 41.3 Å². The van der Waals surface area contributed by atoms with E-state index < -0.39 is 32.6 Å². The van der Waals surface area contributed by atoms with E-state index in [1.54, 1.807) is 0 Å². The number of hydrogen-bond donors (Lipinski definition) is 1. The van der Waals surface area contributed by atoms with Crippen molar-refractivity contribution in [2.24, 2.45) is 0 Å². The number of aliphatic carboxylic acids is 1. The third kappa shape index (κ3) is 2.85. The van der Waals surface area contributed by atoms with Crippen molar-refractivity contribution in [2.45, 2.75) is 23.8 Å². The van der Waals surface area contributed by atoms with Crippen LogP contribution in [0.25, 0.3) is 0 Å². The Kier molecular flexibility index (Phi) is 4.17. The number of carboxylic acids is 1. The van der Waals surface area contributed by atoms with Crippen LogP contribution in [-0.2, 0) is 14.8 Å². The lowest BCUT2D eigenvalue weighted by Gasteiger charge is -2.20. The van der Waals surface area contributed by atoms with Crippen molar-refractivity contribution in [3.8, 4) is 0 Å². The van der Waals surface area contributed by atoms with Gasteiger partial charge in [0, 0.05) is 12.6 Å². The fraction of sp³-hybridized carbons (Fsp3) is 0.364. The average molecular weight is 335 g/mol. The predicted octanol–water partition coefficient (Wildman–Crippen LogP) is 1.49. The number of nitrogens with zero attached hydrogens (tertiary/aromatic N) is 2. The lowest BCUT2D eigenvalue weighted by Crippen LogP contribution is -2.40. The first-order valence-corrected chi connectivity index (χ1v) is 7.75. The molecule has 0 radical (unpaired) electrons. The third-order valence-corrected chi connectivity index (χ3v) is 5.43. The first-order valence-electron chi connectivity index (χ1n) is 5.93. The normalized spacial score (nSPS) is 19.6. The van der Waals surface area contributed by atoms with Crippen LogP contribution in [0.15, 0.2) is 23.1 Å². The number of rotatable bonds is 4. The van der Waals surface area contributed by atoms with E-state index in [0.29, 0.717) is 6.42 Å². The quantitative estimate of drug-likeness (QED) is 0.658. The molecule has 10 heteroatoms. The number of hydrogen-bond acceptors (Lipinski definition) is 5. The molecule has 1 atom stereocenters. The van der Waals surface area contributed by atoms with Gasteiger partial charge in [-0.15, -0.1) is 0 Å². The second kappa shape index (κ2) is 5.58. The van der Waals surface area contributed by atoms with E-state index in [1.807, 2.05) is 0 Å². The second-order valence-corrected chi connectivity index (χ2v) is 6.78. The maximum Gasteiger partial charge on any atom is 0.322 e. The van der Waals surface area contributed by atoms with Gasteiger partial charge in [-0.3, -0.25) is 14.9 Å². The fourth-order valence-electron chi connectivity index (χ4n) is 2.20. The number of sulfonamides is 1. The van der Waals surface area contributed by atoms with Gasteiger partial charge in [0.2, 0.25) is 10.0 Å². The van der Waals surface area contributed by atoms with E-state index in [4.69, 9.17) is 16.7 Å². The monoisotopic (exact) mass is 334 g/mol. The zero-order valence-corrected chi connectivity index (χ0v) is 12.2. The highest BCUT2D eigenvalue weighted by molar-refractivity contribution is 7.89. The predicted molar refractivity (Wildman–Crippen MR) is 72.7 cm³/mol. The molecule has 0 saturated carbocycles. The van der Waals surface area contributed by atoms with Crippen LogP contribution < -0.4 is 0 Å². The Labute approximate surface area is 125 Å². The van der Waals surface area contributed by atoms with Gasteiger partial charge in [-0.25, -0.2) is 8.42 Å². The topological polar surface area (TPSA) is 118 Å². The largest absolute Gasteiger partial charge is 0.480 e. The minimum Gasteiger partial charge on any atom is -0.480 e. The third-order valence-electron chi connectivity index (χ3n) is 3.21. The van der Waals surface area contributed by atoms with E-state index in [1.165, 1.54) is 0 Å². The molecule has 1 heterocycles. The van der Waals surface area contributed by atoms with Crippen molar-refractivity contribution in [2.75, 3.05) is 6.54 Å². The Morgan fingerprint density at radius 2 is 2.14 bits per heavy atom. The van der Waals surface area contributed by atoms with Crippen molar-refractivity contribution in [1.82, 2.24) is 4.31 Å². The molecule has 21 heavy (non-hydrogen) atoms. The first-order chi connectivity index (χ1) is 9.75. The molecular weight excluding hydrogens is 324 g/mol. The van der Waals surface area contributed by atoms with Gasteiger partial charge in [0.15, 0.2) is 0 Å². The van der Waals surface area contributed by atoms with Crippen molar-refractivity contribution in [3.05, 3.63) is 33.3 Å². The Morgan fingerprint density at radius 1 is 1.48 bits per heavy atom. The highest BCUT2D eigenvalue weighted by Crippen LogP contribution is 2.31. The lowest BCUT2D eigenvalue weighted by molar-refractivity contribution is -0.384. The summed E-state index contributed by atoms with van der Waals surface area (Å²) in [6.07, 6.45) is 0.635. The van der Waals surface area contributed by atoms with Crippen LogP contribution in [0.5, 0.6) is 0 Å². The van der Waals surface area contributed by atoms with Crippen molar-refractivity contribution in [1.29, 1.82) is 0 Å². The summed E-state index contributed by atoms with van der Waals surface area (Å²) in [5.41, 5.74) is -0.538. The number of nitro benzene ring substituents is 1. The van der Waals surface area contributed by atoms with E-state index in [9.17, 15) is 23.3 Å². The number of carbonyl (C=O) groups is 1. The maximum atomic E-state index is 12.4. The molecule has 1 unspecified atom stereocenters. The van der Waals surface area contributed by atoms with Gasteiger partial charge in [0.1, 0.15) is 11.1 Å². The van der Waals surface area contributed by atoms with Gasteiger partial charge < -0.3 is 5.11 Å². The molecule has 1 aliphatic heterocycles. The van der Waals surface area contributed by atoms with Crippen molar-refractivity contribution >= 4 is 33.3 Å². The molecule has 0 bridgehead atoms. The van der Waals surface area contributed by atoms with Crippen molar-refractivity contribution < 1.29 is 23.2 Å². The number of carboxylic acid groups (broad SMARTS) is 1. The summed E-state index contributed by atoms with van der Waals surface area (Å²) in [4.78, 5) is 20.8. The molecule has 1 N–H and O–H groups in total. The summed E-state index contributed by atoms with van der Waals surface area (Å²) in [6.45, 7) is 0.0652. The molecule has 0 amide bonds. The zero-order chi connectivity index (χ0) is 15.8. The number of halogens is 1. The minimum absolute atomic E-state index is 0.0652. The second-order valence-electron chi connectivity index (χ2n) is 4.48. The van der Waals surface area contributed by atoms with Gasteiger partial charge in [0.25, 0.3) is 5.69 Å². The number of benzene rings is 1. The SMILES string of the molecule is O=C(O)C1CCCN1S(=O)(=O)c1ccc(Cl)c([N+](=O)[O-])c1. The van der Waals surface area contributed by atoms with Gasteiger partial charge in [-0.05, 0) is 25.0 Å². The summed E-state index contributed by atoms with van der Waals surface area (Å²) in [5.74, 6) is -1.24. The smallest absolute Gasteiger partial charge is 0.322 e. The Hall–Kier alpha value is -1.71. The molecule has 114 valence electrons. The fourth-order valence-corrected chi connectivity index (χ4v) is 4.06. The summed E-state index contributed by atoms with van der Waals surface area (Å²) in [6, 6.07) is 1.93. The van der Waals surface area contributed by atoms with E-state index in [0.717, 1.165) is 22.5 Å². The molecule has 8 nitrogen and oxygen atoms in total. The van der Waals surface area contributed by atoms with Crippen LogP contribution in [0.4, 0.5) is 5.69 Å². The lowest BCUT2D eigenvalue weighted by atomic mass is 10.2. The molecule has 0 spiro atoms. The van der Waals surface area contributed by atoms with Crippen LogP contribution in [0.2, 0.25) is 5.02 Å². The standard InChI is InChI=1S/C11H11ClN2O6S/c12-8-4-3-7(6-10(8)14(17)18)21(19,20)13-5-1-2-9(13)11(15)16/h3-4,6,9H,1-2,5H2,(H,15,16). The van der Waals surface area contributed by atoms with Gasteiger partial charge in [-0.2, -0.15) is 4.31 Å². The molecule has 0 aliphatic carbocycles. The van der Waals surface area contributed by atoms with Crippen LogP contribution in [0.1, 0.15) is 12.8 Å². The Balaban J connectivity index is 2.47. The van der Waals surface area contributed by atoms with Gasteiger partial charge >= 0.3 is 5.97 Å². The molecular formula is C11H11ClN2O6S. The maximum absolute atomic E-state index is 12.4. The van der Waals surface area contributed by atoms with Gasteiger partial charge in [0.05, 0.1) is 9.82 Å². The highest BCUT2D eigenvalue weighted by atomic mass is 35.5. The van der Waals surface area contributed by atoms with Gasteiger partial charge in [-0.1, -0.05) is 11.6 Å². The van der Waals surface area contributed by atoms with Crippen molar-refractivity contribution in [3.63, 3.8) is 0 Å². The van der Waals surface area contributed by atoms with E-state index in [2.05, 4.69) is 0 Å². The first kappa shape index (κ1) is 15.7. The Morgan fingerprint density at radius 3 is 2.71 bits per heavy atom. The minimum atomic E-state index is -4.12. The van der Waals surface area contributed by atoms with E-state index >= 15 is 0 Å². The van der Waals surface area contributed by atoms with Crippen LogP contribution in [0.3, 0.4) is 0 Å². The zero-order valence-electron chi connectivity index (χ0n) is 10.6. The highest BCUT2D eigenvalue weighted by Gasteiger charge is 2.40. The number of nitro groups is 1. The summed E-state index contributed by atoms with van der Waals surface area (Å²) < 4.78 is 25.7.